The number of hydrogen-bond donors (Lipinski definition) is 2. The molecule has 138 valence electrons. The van der Waals surface area contributed by atoms with Crippen LogP contribution in [0.15, 0.2) is 42.6 Å². The number of anilines is 3. The average Bonchev–Trinajstić information content (AvgIpc) is 2.68. The molecule has 6 heteroatoms. The summed E-state index contributed by atoms with van der Waals surface area (Å²) in [6.07, 6.45) is 2.67. The molecule has 1 aromatic heterocycles. The maximum absolute atomic E-state index is 12.5. The lowest BCUT2D eigenvalue weighted by molar-refractivity contribution is 0.102. The van der Waals surface area contributed by atoms with Gasteiger partial charge in [0.2, 0.25) is 0 Å². The first-order valence-electron chi connectivity index (χ1n) is 9.20. The Morgan fingerprint density at radius 1 is 1.12 bits per heavy atom. The highest BCUT2D eigenvalue weighted by Gasteiger charge is 2.14. The lowest BCUT2D eigenvalue weighted by Crippen LogP contribution is -2.44. The number of benzene rings is 1. The van der Waals surface area contributed by atoms with Crippen LogP contribution >= 0.6 is 0 Å². The maximum atomic E-state index is 12.5. The Morgan fingerprint density at radius 2 is 1.85 bits per heavy atom. The van der Waals surface area contributed by atoms with E-state index in [4.69, 9.17) is 0 Å². The van der Waals surface area contributed by atoms with Crippen molar-refractivity contribution in [2.24, 2.45) is 0 Å². The van der Waals surface area contributed by atoms with Crippen LogP contribution < -0.4 is 15.5 Å². The van der Waals surface area contributed by atoms with Gasteiger partial charge in [0.1, 0.15) is 5.82 Å². The Morgan fingerprint density at radius 3 is 2.54 bits per heavy atom. The van der Waals surface area contributed by atoms with E-state index < -0.39 is 0 Å². The molecule has 26 heavy (non-hydrogen) atoms. The van der Waals surface area contributed by atoms with E-state index in [0.717, 1.165) is 50.6 Å². The summed E-state index contributed by atoms with van der Waals surface area (Å²) < 4.78 is 0. The molecule has 0 unspecified atom stereocenters. The zero-order valence-electron chi connectivity index (χ0n) is 15.5. The van der Waals surface area contributed by atoms with Crippen LogP contribution in [-0.4, -0.2) is 55.6 Å². The number of nitrogens with one attached hydrogen (secondary N) is 2. The Labute approximate surface area is 155 Å². The van der Waals surface area contributed by atoms with Gasteiger partial charge in [0.25, 0.3) is 5.91 Å². The minimum absolute atomic E-state index is 0.126. The zero-order valence-corrected chi connectivity index (χ0v) is 15.5. The minimum Gasteiger partial charge on any atom is -0.370 e. The standard InChI is InChI=1S/C20H27N5O/c1-3-9-21-19-15-16(8-10-22-19)20(26)23-17-4-6-18(7-5-17)25-13-11-24(2)12-14-25/h4-8,10,15H,3,9,11-14H2,1-2H3,(H,21,22)(H,23,26). The molecule has 0 atom stereocenters. The largest absolute Gasteiger partial charge is 0.370 e. The molecule has 0 spiro atoms. The van der Waals surface area contributed by atoms with E-state index in [0.29, 0.717) is 5.56 Å². The van der Waals surface area contributed by atoms with Crippen molar-refractivity contribution < 1.29 is 4.79 Å². The van der Waals surface area contributed by atoms with Crippen molar-refractivity contribution >= 4 is 23.1 Å². The van der Waals surface area contributed by atoms with Crippen molar-refractivity contribution in [1.82, 2.24) is 9.88 Å². The van der Waals surface area contributed by atoms with Gasteiger partial charge in [-0.3, -0.25) is 4.79 Å². The monoisotopic (exact) mass is 353 g/mol. The van der Waals surface area contributed by atoms with Crippen LogP contribution in [-0.2, 0) is 0 Å². The van der Waals surface area contributed by atoms with E-state index in [2.05, 4.69) is 51.5 Å². The second kappa shape index (κ2) is 8.67. The highest BCUT2D eigenvalue weighted by atomic mass is 16.1. The Hall–Kier alpha value is -2.60. The molecule has 6 nitrogen and oxygen atoms in total. The summed E-state index contributed by atoms with van der Waals surface area (Å²) in [5, 5.41) is 6.16. The summed E-state index contributed by atoms with van der Waals surface area (Å²) in [5.41, 5.74) is 2.60. The molecule has 2 N–H and O–H groups in total. The van der Waals surface area contributed by atoms with E-state index in [-0.39, 0.29) is 5.91 Å². The molecule has 2 aromatic rings. The van der Waals surface area contributed by atoms with Gasteiger partial charge in [-0.25, -0.2) is 4.98 Å². The smallest absolute Gasteiger partial charge is 0.255 e. The van der Waals surface area contributed by atoms with Crippen LogP contribution in [0.4, 0.5) is 17.2 Å². The van der Waals surface area contributed by atoms with Gasteiger partial charge in [-0.05, 0) is 49.9 Å². The molecule has 1 fully saturated rings. The third-order valence-electron chi connectivity index (χ3n) is 4.57. The van der Waals surface area contributed by atoms with E-state index in [1.54, 1.807) is 18.3 Å². The fourth-order valence-electron chi connectivity index (χ4n) is 2.95. The number of carbonyl (C=O) groups excluding carboxylic acids is 1. The highest BCUT2D eigenvalue weighted by Crippen LogP contribution is 2.20. The summed E-state index contributed by atoms with van der Waals surface area (Å²) in [5.74, 6) is 0.601. The van der Waals surface area contributed by atoms with Crippen LogP contribution in [0.1, 0.15) is 23.7 Å². The van der Waals surface area contributed by atoms with Gasteiger partial charge in [-0.2, -0.15) is 0 Å². The van der Waals surface area contributed by atoms with E-state index >= 15 is 0 Å². The molecule has 1 saturated heterocycles. The number of nitrogens with zero attached hydrogens (tertiary/aromatic N) is 3. The topological polar surface area (TPSA) is 60.5 Å². The summed E-state index contributed by atoms with van der Waals surface area (Å²) in [6, 6.07) is 11.6. The van der Waals surface area contributed by atoms with Crippen molar-refractivity contribution in [2.45, 2.75) is 13.3 Å². The number of piperazine rings is 1. The van der Waals surface area contributed by atoms with Crippen molar-refractivity contribution in [3.63, 3.8) is 0 Å². The van der Waals surface area contributed by atoms with Crippen molar-refractivity contribution in [3.05, 3.63) is 48.2 Å². The van der Waals surface area contributed by atoms with Gasteiger partial charge in [0.15, 0.2) is 0 Å². The summed E-state index contributed by atoms with van der Waals surface area (Å²) >= 11 is 0. The number of pyridine rings is 1. The molecule has 0 saturated carbocycles. The number of carbonyl (C=O) groups is 1. The minimum atomic E-state index is -0.126. The van der Waals surface area contributed by atoms with Gasteiger partial charge >= 0.3 is 0 Å². The fourth-order valence-corrected chi connectivity index (χ4v) is 2.95. The molecule has 0 radical (unpaired) electrons. The molecular formula is C20H27N5O. The fraction of sp³-hybridized carbons (Fsp3) is 0.400. The van der Waals surface area contributed by atoms with E-state index in [1.165, 1.54) is 5.69 Å². The molecule has 0 bridgehead atoms. The first kappa shape index (κ1) is 18.2. The Bertz CT molecular complexity index is 723. The second-order valence-electron chi connectivity index (χ2n) is 6.65. The third kappa shape index (κ3) is 4.73. The first-order valence-corrected chi connectivity index (χ1v) is 9.20. The number of amides is 1. The maximum Gasteiger partial charge on any atom is 0.255 e. The van der Waals surface area contributed by atoms with Gasteiger partial charge in [0.05, 0.1) is 0 Å². The van der Waals surface area contributed by atoms with Gasteiger partial charge in [0, 0.05) is 55.9 Å². The van der Waals surface area contributed by atoms with Gasteiger partial charge < -0.3 is 20.4 Å². The van der Waals surface area contributed by atoms with E-state index in [1.807, 2.05) is 12.1 Å². The molecule has 1 aliphatic heterocycles. The Balaban J connectivity index is 1.61. The molecule has 1 amide bonds. The summed E-state index contributed by atoms with van der Waals surface area (Å²) in [7, 11) is 2.15. The molecule has 1 aliphatic rings. The Kier molecular flexibility index (Phi) is 6.07. The SMILES string of the molecule is CCCNc1cc(C(=O)Nc2ccc(N3CCN(C)CC3)cc2)ccn1. The predicted molar refractivity (Wildman–Crippen MR) is 107 cm³/mol. The molecule has 3 rings (SSSR count). The van der Waals surface area contributed by atoms with E-state index in [9.17, 15) is 4.79 Å². The predicted octanol–water partition coefficient (Wildman–Crippen LogP) is 2.91. The average molecular weight is 353 g/mol. The summed E-state index contributed by atoms with van der Waals surface area (Å²) in [6.45, 7) is 7.16. The van der Waals surface area contributed by atoms with Crippen molar-refractivity contribution in [1.29, 1.82) is 0 Å². The first-order chi connectivity index (χ1) is 12.7. The quantitative estimate of drug-likeness (QED) is 0.836. The number of likely N-dealkylation sites (N-methyl/N-ethyl adjacent to an activating group) is 1. The van der Waals surface area contributed by atoms with Crippen LogP contribution in [0.2, 0.25) is 0 Å². The third-order valence-corrected chi connectivity index (χ3v) is 4.57. The molecule has 0 aliphatic carbocycles. The number of rotatable bonds is 6. The van der Waals surface area contributed by atoms with Crippen LogP contribution in [0.3, 0.4) is 0 Å². The molecule has 1 aromatic carbocycles. The number of aromatic nitrogens is 1. The van der Waals surface area contributed by atoms with Crippen LogP contribution in [0.5, 0.6) is 0 Å². The van der Waals surface area contributed by atoms with Gasteiger partial charge in [-0.15, -0.1) is 0 Å². The number of hydrogen-bond acceptors (Lipinski definition) is 5. The molecule has 2 heterocycles. The van der Waals surface area contributed by atoms with Crippen molar-refractivity contribution in [2.75, 3.05) is 55.3 Å². The van der Waals surface area contributed by atoms with Crippen LogP contribution in [0.25, 0.3) is 0 Å². The van der Waals surface area contributed by atoms with Gasteiger partial charge in [-0.1, -0.05) is 6.92 Å². The summed E-state index contributed by atoms with van der Waals surface area (Å²) in [4.78, 5) is 21.4. The lowest BCUT2D eigenvalue weighted by atomic mass is 10.2. The normalized spacial score (nSPS) is 14.9. The lowest BCUT2D eigenvalue weighted by Gasteiger charge is -2.34. The van der Waals surface area contributed by atoms with Crippen LogP contribution in [0, 0.1) is 0 Å². The highest BCUT2D eigenvalue weighted by molar-refractivity contribution is 6.04. The zero-order chi connectivity index (χ0) is 18.4. The second-order valence-corrected chi connectivity index (χ2v) is 6.65. The molecular weight excluding hydrogens is 326 g/mol. The van der Waals surface area contributed by atoms with Crippen molar-refractivity contribution in [3.8, 4) is 0 Å².